The van der Waals surface area contributed by atoms with Crippen LogP contribution in [0.15, 0.2) is 24.3 Å². The van der Waals surface area contributed by atoms with Crippen molar-refractivity contribution in [1.82, 2.24) is 20.9 Å². The molecule has 0 aliphatic carbocycles. The quantitative estimate of drug-likeness (QED) is 0.244. The van der Waals surface area contributed by atoms with Gasteiger partial charge in [-0.05, 0) is 56.2 Å². The first-order valence-corrected chi connectivity index (χ1v) is 13.2. The largest absolute Gasteiger partial charge is 0.508 e. The minimum Gasteiger partial charge on any atom is -0.508 e. The number of piperazine rings is 1. The molecule has 1 aromatic carbocycles. The number of hydrogen-bond donors (Lipinski definition) is 4. The van der Waals surface area contributed by atoms with Crippen molar-refractivity contribution in [1.29, 1.82) is 0 Å². The zero-order chi connectivity index (χ0) is 27.2. The standard InChI is InChI=1S/C27H41N5O5/c1-18(33)28-14-6-5-9-22-27(37)31-23(26(36)30-22)17-21(24(31)19-10-12-20(34)13-11-19)25(35)29-15-7-8-16-32(2,3)4/h10-13,21-24H,5-9,14-17H2,1-4H3,(H3-,28,29,30,33,34,35,36)/p+1/t21-,22+,23-,24-/m1/s1. The summed E-state index contributed by atoms with van der Waals surface area (Å²) in [6.45, 7) is 3.52. The molecule has 1 aromatic rings. The molecule has 0 saturated carbocycles. The number of hydrogen-bond acceptors (Lipinski definition) is 5. The molecule has 2 aliphatic rings. The number of phenols is 1. The zero-order valence-corrected chi connectivity index (χ0v) is 22.5. The Hall–Kier alpha value is -3.14. The molecule has 2 saturated heterocycles. The van der Waals surface area contributed by atoms with E-state index in [2.05, 4.69) is 37.1 Å². The van der Waals surface area contributed by atoms with Crippen LogP contribution in [0.4, 0.5) is 0 Å². The van der Waals surface area contributed by atoms with Crippen molar-refractivity contribution in [3.8, 4) is 5.75 Å². The molecule has 0 bridgehead atoms. The van der Waals surface area contributed by atoms with Crippen LogP contribution in [0.1, 0.15) is 57.1 Å². The molecular weight excluding hydrogens is 474 g/mol. The number of rotatable bonds is 12. The molecular formula is C27H42N5O5+. The molecule has 2 fully saturated rings. The number of benzene rings is 1. The van der Waals surface area contributed by atoms with Crippen molar-refractivity contribution in [3.05, 3.63) is 29.8 Å². The van der Waals surface area contributed by atoms with Gasteiger partial charge in [-0.3, -0.25) is 19.2 Å². The lowest BCUT2D eigenvalue weighted by Crippen LogP contribution is -2.61. The summed E-state index contributed by atoms with van der Waals surface area (Å²) in [6, 6.07) is 4.54. The number of quaternary nitrogens is 1. The Morgan fingerprint density at radius 3 is 2.32 bits per heavy atom. The van der Waals surface area contributed by atoms with Crippen molar-refractivity contribution in [2.45, 2.75) is 63.6 Å². The lowest BCUT2D eigenvalue weighted by atomic mass is 9.92. The second kappa shape index (κ2) is 12.4. The number of fused-ring (bicyclic) bond motifs is 1. The Bertz CT molecular complexity index is 974. The van der Waals surface area contributed by atoms with Crippen molar-refractivity contribution >= 4 is 23.6 Å². The number of amides is 4. The van der Waals surface area contributed by atoms with Crippen LogP contribution in [0.25, 0.3) is 0 Å². The van der Waals surface area contributed by atoms with Gasteiger partial charge in [0.25, 0.3) is 0 Å². The fourth-order valence-electron chi connectivity index (χ4n) is 5.21. The van der Waals surface area contributed by atoms with Gasteiger partial charge < -0.3 is 30.4 Å². The average Bonchev–Trinajstić information content (AvgIpc) is 3.23. The molecule has 0 aromatic heterocycles. The van der Waals surface area contributed by atoms with Crippen LogP contribution in [0.5, 0.6) is 5.75 Å². The van der Waals surface area contributed by atoms with Gasteiger partial charge in [0.1, 0.15) is 17.8 Å². The van der Waals surface area contributed by atoms with E-state index in [0.29, 0.717) is 32.4 Å². The monoisotopic (exact) mass is 516 g/mol. The third kappa shape index (κ3) is 7.67. The predicted molar refractivity (Wildman–Crippen MR) is 139 cm³/mol. The summed E-state index contributed by atoms with van der Waals surface area (Å²) in [4.78, 5) is 52.6. The van der Waals surface area contributed by atoms with Gasteiger partial charge in [-0.1, -0.05) is 12.1 Å². The second-order valence-electron chi connectivity index (χ2n) is 11.2. The molecule has 0 spiro atoms. The molecule has 2 aliphatic heterocycles. The smallest absolute Gasteiger partial charge is 0.246 e. The maximum atomic E-state index is 13.6. The topological polar surface area (TPSA) is 128 Å². The van der Waals surface area contributed by atoms with Crippen LogP contribution in [-0.2, 0) is 19.2 Å². The fraction of sp³-hybridized carbons (Fsp3) is 0.630. The Morgan fingerprint density at radius 1 is 1.03 bits per heavy atom. The highest BCUT2D eigenvalue weighted by Crippen LogP contribution is 2.43. The summed E-state index contributed by atoms with van der Waals surface area (Å²) in [5.74, 6) is -1.17. The van der Waals surface area contributed by atoms with Crippen molar-refractivity contribution in [2.24, 2.45) is 5.92 Å². The molecule has 4 amide bonds. The minimum absolute atomic E-state index is 0.0938. The van der Waals surface area contributed by atoms with Crippen LogP contribution >= 0.6 is 0 Å². The lowest BCUT2D eigenvalue weighted by molar-refractivity contribution is -0.870. The summed E-state index contributed by atoms with van der Waals surface area (Å²) >= 11 is 0. The SMILES string of the molecule is CC(=O)NCCCC[C@@H]1NC(=O)[C@H]2C[C@@H](C(=O)NCCCC[N+](C)(C)C)[C@@H](c3ccc(O)cc3)N2C1=O. The van der Waals surface area contributed by atoms with Gasteiger partial charge in [-0.25, -0.2) is 0 Å². The summed E-state index contributed by atoms with van der Waals surface area (Å²) in [6.07, 6.45) is 3.90. The van der Waals surface area contributed by atoms with E-state index >= 15 is 0 Å². The first-order valence-electron chi connectivity index (χ1n) is 13.2. The Labute approximate surface area is 219 Å². The van der Waals surface area contributed by atoms with Crippen LogP contribution in [0.2, 0.25) is 0 Å². The molecule has 0 radical (unpaired) electrons. The normalized spacial score (nSPS) is 23.4. The van der Waals surface area contributed by atoms with E-state index in [-0.39, 0.29) is 35.8 Å². The lowest BCUT2D eigenvalue weighted by Gasteiger charge is -2.38. The number of nitrogens with one attached hydrogen (secondary N) is 3. The van der Waals surface area contributed by atoms with Crippen LogP contribution in [0.3, 0.4) is 0 Å². The average molecular weight is 517 g/mol. The van der Waals surface area contributed by atoms with Gasteiger partial charge in [-0.15, -0.1) is 0 Å². The number of aromatic hydroxyl groups is 1. The van der Waals surface area contributed by atoms with E-state index in [1.54, 1.807) is 17.0 Å². The highest BCUT2D eigenvalue weighted by Gasteiger charge is 2.54. The van der Waals surface area contributed by atoms with Crippen LogP contribution in [0, 0.1) is 5.92 Å². The molecule has 10 nitrogen and oxygen atoms in total. The van der Waals surface area contributed by atoms with Gasteiger partial charge >= 0.3 is 0 Å². The number of phenolic OH excluding ortho intramolecular Hbond substituents is 1. The molecule has 0 unspecified atom stereocenters. The second-order valence-corrected chi connectivity index (χ2v) is 11.2. The Kier molecular flexibility index (Phi) is 9.53. The van der Waals surface area contributed by atoms with E-state index < -0.39 is 24.0 Å². The van der Waals surface area contributed by atoms with E-state index in [1.807, 2.05) is 0 Å². The van der Waals surface area contributed by atoms with Gasteiger partial charge in [0.05, 0.1) is 39.6 Å². The maximum Gasteiger partial charge on any atom is 0.246 e. The van der Waals surface area contributed by atoms with Gasteiger partial charge in [0.2, 0.25) is 23.6 Å². The number of nitrogens with zero attached hydrogens (tertiary/aromatic N) is 2. The molecule has 4 atom stereocenters. The number of unbranched alkanes of at least 4 members (excludes halogenated alkanes) is 2. The van der Waals surface area contributed by atoms with Crippen molar-refractivity contribution in [3.63, 3.8) is 0 Å². The first-order chi connectivity index (χ1) is 17.5. The molecule has 10 heteroatoms. The van der Waals surface area contributed by atoms with Gasteiger partial charge in [0.15, 0.2) is 0 Å². The minimum atomic E-state index is -0.712. The summed E-state index contributed by atoms with van der Waals surface area (Å²) in [7, 11) is 6.40. The Balaban J connectivity index is 1.72. The zero-order valence-electron chi connectivity index (χ0n) is 22.5. The molecule has 2 heterocycles. The van der Waals surface area contributed by atoms with E-state index in [1.165, 1.54) is 19.1 Å². The van der Waals surface area contributed by atoms with Crippen LogP contribution in [-0.4, -0.2) is 91.0 Å². The predicted octanol–water partition coefficient (Wildman–Crippen LogP) is 1.06. The number of carbonyl (C=O) groups excluding carboxylic acids is 4. The first kappa shape index (κ1) is 28.4. The summed E-state index contributed by atoms with van der Waals surface area (Å²) in [5.41, 5.74) is 0.720. The summed E-state index contributed by atoms with van der Waals surface area (Å²) < 4.78 is 0.863. The molecule has 3 rings (SSSR count). The highest BCUT2D eigenvalue weighted by atomic mass is 16.3. The van der Waals surface area contributed by atoms with Crippen LogP contribution < -0.4 is 16.0 Å². The Morgan fingerprint density at radius 2 is 1.68 bits per heavy atom. The molecule has 37 heavy (non-hydrogen) atoms. The summed E-state index contributed by atoms with van der Waals surface area (Å²) in [5, 5.41) is 18.4. The number of carbonyl (C=O) groups is 4. The highest BCUT2D eigenvalue weighted by molar-refractivity contribution is 5.99. The van der Waals surface area contributed by atoms with Crippen molar-refractivity contribution < 1.29 is 28.8 Å². The third-order valence-electron chi connectivity index (χ3n) is 7.09. The third-order valence-corrected chi connectivity index (χ3v) is 7.09. The molecule has 204 valence electrons. The molecule has 4 N–H and O–H groups in total. The van der Waals surface area contributed by atoms with Gasteiger partial charge in [-0.2, -0.15) is 0 Å². The van der Waals surface area contributed by atoms with E-state index in [9.17, 15) is 24.3 Å². The maximum absolute atomic E-state index is 13.6. The van der Waals surface area contributed by atoms with E-state index in [0.717, 1.165) is 29.4 Å². The van der Waals surface area contributed by atoms with Gasteiger partial charge in [0, 0.05) is 20.0 Å². The fourth-order valence-corrected chi connectivity index (χ4v) is 5.21. The van der Waals surface area contributed by atoms with E-state index in [4.69, 9.17) is 0 Å². The van der Waals surface area contributed by atoms with Crippen molar-refractivity contribution in [2.75, 3.05) is 40.8 Å².